The first-order valence-corrected chi connectivity index (χ1v) is 6.26. The predicted molar refractivity (Wildman–Crippen MR) is 65.9 cm³/mol. The highest BCUT2D eigenvalue weighted by molar-refractivity contribution is 5.92. The highest BCUT2D eigenvalue weighted by Gasteiger charge is 2.25. The smallest absolute Gasteiger partial charge is 0.317 e. The molecule has 0 radical (unpaired) electrons. The van der Waals surface area contributed by atoms with Crippen molar-refractivity contribution in [1.82, 2.24) is 0 Å². The van der Waals surface area contributed by atoms with E-state index >= 15 is 0 Å². The Balaban J connectivity index is 3.91. The number of hydrogen-bond acceptors (Lipinski definition) is 2. The summed E-state index contributed by atoms with van der Waals surface area (Å²) in [6, 6.07) is 0. The van der Waals surface area contributed by atoms with E-state index in [1.807, 2.05) is 0 Å². The third-order valence-electron chi connectivity index (χ3n) is 3.12. The molecule has 0 aromatic heterocycles. The van der Waals surface area contributed by atoms with Gasteiger partial charge in [0, 0.05) is 0 Å². The lowest BCUT2D eigenvalue weighted by Gasteiger charge is -2.23. The van der Waals surface area contributed by atoms with Crippen LogP contribution in [0.15, 0.2) is 0 Å². The van der Waals surface area contributed by atoms with E-state index in [1.165, 1.54) is 0 Å². The van der Waals surface area contributed by atoms with Gasteiger partial charge in [-0.2, -0.15) is 0 Å². The first-order valence-electron chi connectivity index (χ1n) is 6.26. The highest BCUT2D eigenvalue weighted by atomic mass is 16.4. The van der Waals surface area contributed by atoms with Gasteiger partial charge in [0.15, 0.2) is 5.92 Å². The van der Waals surface area contributed by atoms with E-state index in [-0.39, 0.29) is 11.8 Å². The summed E-state index contributed by atoms with van der Waals surface area (Å²) >= 11 is 0. The van der Waals surface area contributed by atoms with Gasteiger partial charge in [-0.1, -0.05) is 40.0 Å². The van der Waals surface area contributed by atoms with Gasteiger partial charge < -0.3 is 10.2 Å². The Bertz CT molecular complexity index is 244. The second-order valence-corrected chi connectivity index (χ2v) is 5.39. The Hall–Kier alpha value is -1.06. The van der Waals surface area contributed by atoms with Crippen molar-refractivity contribution >= 4 is 11.9 Å². The number of hydrogen-bond donors (Lipinski definition) is 2. The molecule has 0 aliphatic carbocycles. The molecule has 0 aliphatic heterocycles. The fourth-order valence-electron chi connectivity index (χ4n) is 2.11. The summed E-state index contributed by atoms with van der Waals surface area (Å²) in [5.41, 5.74) is 0.274. The van der Waals surface area contributed by atoms with Crippen molar-refractivity contribution in [2.24, 2.45) is 11.3 Å². The molecule has 100 valence electrons. The predicted octanol–water partition coefficient (Wildman–Crippen LogP) is 3.16. The van der Waals surface area contributed by atoms with Gasteiger partial charge in [0.05, 0.1) is 0 Å². The van der Waals surface area contributed by atoms with Gasteiger partial charge in [-0.25, -0.2) is 0 Å². The fourth-order valence-corrected chi connectivity index (χ4v) is 2.11. The average Bonchev–Trinajstić information content (AvgIpc) is 2.15. The van der Waals surface area contributed by atoms with Crippen molar-refractivity contribution in [2.45, 2.75) is 59.3 Å². The normalized spacial score (nSPS) is 11.8. The Morgan fingerprint density at radius 2 is 1.59 bits per heavy atom. The molecule has 0 aliphatic rings. The Morgan fingerprint density at radius 1 is 1.06 bits per heavy atom. The Morgan fingerprint density at radius 3 is 2.00 bits per heavy atom. The Labute approximate surface area is 103 Å². The lowest BCUT2D eigenvalue weighted by molar-refractivity contribution is -0.154. The van der Waals surface area contributed by atoms with Crippen molar-refractivity contribution in [1.29, 1.82) is 0 Å². The lowest BCUT2D eigenvalue weighted by Crippen LogP contribution is -2.23. The quantitative estimate of drug-likeness (QED) is 0.482. The van der Waals surface area contributed by atoms with Crippen LogP contribution in [-0.4, -0.2) is 22.2 Å². The zero-order valence-corrected chi connectivity index (χ0v) is 11.0. The van der Waals surface area contributed by atoms with Crippen LogP contribution in [0.25, 0.3) is 0 Å². The molecule has 0 atom stereocenters. The van der Waals surface area contributed by atoms with Crippen LogP contribution in [0.5, 0.6) is 0 Å². The summed E-state index contributed by atoms with van der Waals surface area (Å²) in [5.74, 6) is -3.71. The van der Waals surface area contributed by atoms with Gasteiger partial charge in [-0.3, -0.25) is 9.59 Å². The molecule has 17 heavy (non-hydrogen) atoms. The maximum Gasteiger partial charge on any atom is 0.317 e. The van der Waals surface area contributed by atoms with Crippen LogP contribution >= 0.6 is 0 Å². The van der Waals surface area contributed by atoms with Crippen LogP contribution in [0, 0.1) is 11.3 Å². The van der Waals surface area contributed by atoms with Crippen LogP contribution in [0.1, 0.15) is 59.3 Å². The summed E-state index contributed by atoms with van der Waals surface area (Å²) in [7, 11) is 0. The van der Waals surface area contributed by atoms with Crippen LogP contribution in [0.3, 0.4) is 0 Å². The maximum atomic E-state index is 10.7. The zero-order valence-electron chi connectivity index (χ0n) is 11.0. The molecule has 0 saturated carbocycles. The molecule has 0 amide bonds. The van der Waals surface area contributed by atoms with Gasteiger partial charge in [0.25, 0.3) is 0 Å². The molecule has 0 unspecified atom stereocenters. The van der Waals surface area contributed by atoms with Gasteiger partial charge in [-0.15, -0.1) is 0 Å². The SMILES string of the molecule is CCCC(C)(C)CCCCC(C(=O)O)C(=O)O. The van der Waals surface area contributed by atoms with Gasteiger partial charge in [0.2, 0.25) is 0 Å². The van der Waals surface area contributed by atoms with Crippen LogP contribution in [0.4, 0.5) is 0 Å². The summed E-state index contributed by atoms with van der Waals surface area (Å²) in [6.07, 6.45) is 5.09. The number of rotatable bonds is 9. The molecule has 0 rings (SSSR count). The summed E-state index contributed by atoms with van der Waals surface area (Å²) in [6.45, 7) is 6.54. The topological polar surface area (TPSA) is 74.6 Å². The zero-order chi connectivity index (χ0) is 13.5. The average molecular weight is 244 g/mol. The molecule has 2 N–H and O–H groups in total. The second kappa shape index (κ2) is 7.30. The van der Waals surface area contributed by atoms with E-state index in [1.54, 1.807) is 0 Å². The third kappa shape index (κ3) is 6.97. The van der Waals surface area contributed by atoms with Crippen molar-refractivity contribution in [3.05, 3.63) is 0 Å². The molecule has 4 heteroatoms. The molecular formula is C13H24O4. The summed E-state index contributed by atoms with van der Waals surface area (Å²) in [4.78, 5) is 21.3. The molecule has 0 saturated heterocycles. The largest absolute Gasteiger partial charge is 0.481 e. The standard InChI is InChI=1S/C13H24O4/c1-4-8-13(2,3)9-6-5-7-10(11(14)15)12(16)17/h10H,4-9H2,1-3H3,(H,14,15)(H,16,17). The first kappa shape index (κ1) is 15.9. The molecular weight excluding hydrogens is 220 g/mol. The fraction of sp³-hybridized carbons (Fsp3) is 0.846. The van der Waals surface area contributed by atoms with Crippen LogP contribution < -0.4 is 0 Å². The highest BCUT2D eigenvalue weighted by Crippen LogP contribution is 2.29. The van der Waals surface area contributed by atoms with E-state index in [4.69, 9.17) is 10.2 Å². The van der Waals surface area contributed by atoms with E-state index in [0.717, 1.165) is 25.7 Å². The molecule has 0 bridgehead atoms. The minimum atomic E-state index is -1.25. The monoisotopic (exact) mass is 244 g/mol. The van der Waals surface area contributed by atoms with Crippen LogP contribution in [-0.2, 0) is 9.59 Å². The molecule has 0 aromatic rings. The van der Waals surface area contributed by atoms with E-state index < -0.39 is 17.9 Å². The molecule has 0 fully saturated rings. The van der Waals surface area contributed by atoms with E-state index in [9.17, 15) is 9.59 Å². The molecule has 0 heterocycles. The van der Waals surface area contributed by atoms with Gasteiger partial charge >= 0.3 is 11.9 Å². The number of carboxylic acid groups (broad SMARTS) is 2. The van der Waals surface area contributed by atoms with Crippen molar-refractivity contribution in [3.63, 3.8) is 0 Å². The number of aliphatic carboxylic acids is 2. The van der Waals surface area contributed by atoms with Crippen LogP contribution in [0.2, 0.25) is 0 Å². The van der Waals surface area contributed by atoms with E-state index in [2.05, 4.69) is 20.8 Å². The Kier molecular flexibility index (Phi) is 6.85. The number of unbranched alkanes of at least 4 members (excludes halogenated alkanes) is 1. The third-order valence-corrected chi connectivity index (χ3v) is 3.12. The second-order valence-electron chi connectivity index (χ2n) is 5.39. The summed E-state index contributed by atoms with van der Waals surface area (Å²) < 4.78 is 0. The summed E-state index contributed by atoms with van der Waals surface area (Å²) in [5, 5.41) is 17.4. The van der Waals surface area contributed by atoms with Gasteiger partial charge in [0.1, 0.15) is 0 Å². The van der Waals surface area contributed by atoms with Gasteiger partial charge in [-0.05, 0) is 24.7 Å². The molecule has 4 nitrogen and oxygen atoms in total. The van der Waals surface area contributed by atoms with Crippen molar-refractivity contribution in [2.75, 3.05) is 0 Å². The number of carboxylic acids is 2. The molecule has 0 aromatic carbocycles. The van der Waals surface area contributed by atoms with Crippen molar-refractivity contribution in [3.8, 4) is 0 Å². The number of carbonyl (C=O) groups is 2. The first-order chi connectivity index (χ1) is 7.80. The molecule has 0 spiro atoms. The van der Waals surface area contributed by atoms with E-state index in [0.29, 0.717) is 6.42 Å². The minimum absolute atomic E-state index is 0.229. The maximum absolute atomic E-state index is 10.7. The minimum Gasteiger partial charge on any atom is -0.481 e. The van der Waals surface area contributed by atoms with Crippen molar-refractivity contribution < 1.29 is 19.8 Å². The lowest BCUT2D eigenvalue weighted by atomic mass is 9.82.